The van der Waals surface area contributed by atoms with Crippen molar-refractivity contribution in [3.63, 3.8) is 0 Å². The summed E-state index contributed by atoms with van der Waals surface area (Å²) in [5, 5.41) is 4.19. The van der Waals surface area contributed by atoms with Crippen LogP contribution in [0.2, 0.25) is 0 Å². The molecule has 0 saturated carbocycles. The Morgan fingerprint density at radius 1 is 1.44 bits per heavy atom. The highest BCUT2D eigenvalue weighted by atomic mass is 16.1. The molecule has 0 aliphatic carbocycles. The summed E-state index contributed by atoms with van der Waals surface area (Å²) < 4.78 is 1.48. The van der Waals surface area contributed by atoms with Gasteiger partial charge in [-0.15, -0.1) is 5.10 Å². The van der Waals surface area contributed by atoms with E-state index in [1.54, 1.807) is 13.8 Å². The molecule has 0 spiro atoms. The summed E-state index contributed by atoms with van der Waals surface area (Å²) in [4.78, 5) is 23.1. The van der Waals surface area contributed by atoms with Crippen molar-refractivity contribution in [2.24, 2.45) is 11.5 Å². The molecular weight excluding hydrogens is 234 g/mol. The number of carbonyl (C=O) groups excluding carboxylic acids is 1. The first kappa shape index (κ1) is 12.1. The lowest BCUT2D eigenvalue weighted by atomic mass is 10.3. The van der Waals surface area contributed by atoms with E-state index in [0.717, 1.165) is 0 Å². The van der Waals surface area contributed by atoms with Gasteiger partial charge in [-0.3, -0.25) is 4.79 Å². The van der Waals surface area contributed by atoms with Gasteiger partial charge in [0.25, 0.3) is 5.91 Å². The van der Waals surface area contributed by atoms with Gasteiger partial charge in [0.15, 0.2) is 11.6 Å². The minimum absolute atomic E-state index is 0.115. The standard InChI is InChI=1S/C10H13N7O/c1-5(11)10-15-6(2)16-17(10)8-3-7(9(12)18)13-4-14-8/h3-5H,11H2,1-2H3,(H2,12,18)/t5-/m0/s1. The number of hydrogen-bond acceptors (Lipinski definition) is 6. The summed E-state index contributed by atoms with van der Waals surface area (Å²) in [6, 6.07) is 1.14. The Hall–Kier alpha value is -2.35. The Labute approximate surface area is 103 Å². The van der Waals surface area contributed by atoms with E-state index < -0.39 is 5.91 Å². The highest BCUT2D eigenvalue weighted by Gasteiger charge is 2.15. The predicted molar refractivity (Wildman–Crippen MR) is 62.8 cm³/mol. The van der Waals surface area contributed by atoms with Crippen molar-refractivity contribution in [3.05, 3.63) is 29.7 Å². The molecule has 1 amide bonds. The second-order valence-corrected chi connectivity index (χ2v) is 3.84. The number of aryl methyl sites for hydroxylation is 1. The number of aromatic nitrogens is 5. The number of hydrogen-bond donors (Lipinski definition) is 2. The molecule has 8 heteroatoms. The molecule has 2 aromatic rings. The van der Waals surface area contributed by atoms with Gasteiger partial charge in [-0.2, -0.15) is 4.68 Å². The lowest BCUT2D eigenvalue weighted by Gasteiger charge is -2.07. The van der Waals surface area contributed by atoms with Gasteiger partial charge in [-0.1, -0.05) is 0 Å². The Morgan fingerprint density at radius 3 is 2.78 bits per heavy atom. The minimum atomic E-state index is -0.627. The quantitative estimate of drug-likeness (QED) is 0.751. The smallest absolute Gasteiger partial charge is 0.267 e. The van der Waals surface area contributed by atoms with E-state index in [4.69, 9.17) is 11.5 Å². The Morgan fingerprint density at radius 2 is 2.17 bits per heavy atom. The van der Waals surface area contributed by atoms with E-state index in [-0.39, 0.29) is 11.7 Å². The molecule has 0 saturated heterocycles. The molecule has 0 aromatic carbocycles. The number of amides is 1. The monoisotopic (exact) mass is 247 g/mol. The van der Waals surface area contributed by atoms with Crippen LogP contribution in [0.5, 0.6) is 0 Å². The van der Waals surface area contributed by atoms with Crippen LogP contribution in [0, 0.1) is 6.92 Å². The van der Waals surface area contributed by atoms with Gasteiger partial charge in [0, 0.05) is 6.07 Å². The number of carbonyl (C=O) groups is 1. The zero-order valence-corrected chi connectivity index (χ0v) is 10.0. The Kier molecular flexibility index (Phi) is 3.02. The zero-order chi connectivity index (χ0) is 13.3. The third-order valence-electron chi connectivity index (χ3n) is 2.27. The molecule has 18 heavy (non-hydrogen) atoms. The molecule has 2 rings (SSSR count). The van der Waals surface area contributed by atoms with Gasteiger partial charge >= 0.3 is 0 Å². The molecule has 0 unspecified atom stereocenters. The molecule has 0 aliphatic heterocycles. The van der Waals surface area contributed by atoms with Crippen molar-refractivity contribution < 1.29 is 4.79 Å². The predicted octanol–water partition coefficient (Wildman–Crippen LogP) is -0.516. The molecule has 1 atom stereocenters. The third-order valence-corrected chi connectivity index (χ3v) is 2.27. The molecule has 0 bridgehead atoms. The van der Waals surface area contributed by atoms with Gasteiger partial charge in [0.05, 0.1) is 6.04 Å². The van der Waals surface area contributed by atoms with Crippen molar-refractivity contribution in [2.75, 3.05) is 0 Å². The first-order chi connectivity index (χ1) is 8.49. The highest BCUT2D eigenvalue weighted by Crippen LogP contribution is 2.12. The van der Waals surface area contributed by atoms with Crippen LogP contribution in [0.3, 0.4) is 0 Å². The van der Waals surface area contributed by atoms with E-state index >= 15 is 0 Å². The molecule has 8 nitrogen and oxygen atoms in total. The minimum Gasteiger partial charge on any atom is -0.364 e. The van der Waals surface area contributed by atoms with Crippen LogP contribution >= 0.6 is 0 Å². The fourth-order valence-corrected chi connectivity index (χ4v) is 1.49. The van der Waals surface area contributed by atoms with Crippen LogP contribution in [-0.4, -0.2) is 30.6 Å². The SMILES string of the molecule is Cc1nc([C@H](C)N)n(-c2cc(C(N)=O)ncn2)n1. The van der Waals surface area contributed by atoms with Crippen LogP contribution in [0.25, 0.3) is 5.82 Å². The molecule has 94 valence electrons. The summed E-state index contributed by atoms with van der Waals surface area (Å²) in [5.41, 5.74) is 11.1. The summed E-state index contributed by atoms with van der Waals surface area (Å²) in [5.74, 6) is 0.910. The molecule has 0 fully saturated rings. The highest BCUT2D eigenvalue weighted by molar-refractivity contribution is 5.90. The summed E-state index contributed by atoms with van der Waals surface area (Å²) >= 11 is 0. The van der Waals surface area contributed by atoms with Crippen LogP contribution in [0.15, 0.2) is 12.4 Å². The molecule has 2 heterocycles. The van der Waals surface area contributed by atoms with Gasteiger partial charge in [-0.05, 0) is 13.8 Å². The first-order valence-corrected chi connectivity index (χ1v) is 5.30. The first-order valence-electron chi connectivity index (χ1n) is 5.30. The van der Waals surface area contributed by atoms with E-state index in [2.05, 4.69) is 20.1 Å². The van der Waals surface area contributed by atoms with Crippen LogP contribution < -0.4 is 11.5 Å². The lowest BCUT2D eigenvalue weighted by molar-refractivity contribution is 0.0995. The van der Waals surface area contributed by atoms with Gasteiger partial charge in [0.2, 0.25) is 0 Å². The van der Waals surface area contributed by atoms with Gasteiger partial charge < -0.3 is 11.5 Å². The Bertz CT molecular complexity index is 590. The van der Waals surface area contributed by atoms with Crippen molar-refractivity contribution in [1.29, 1.82) is 0 Å². The largest absolute Gasteiger partial charge is 0.364 e. The third kappa shape index (κ3) is 2.18. The van der Waals surface area contributed by atoms with Gasteiger partial charge in [-0.25, -0.2) is 15.0 Å². The number of primary amides is 1. The maximum atomic E-state index is 11.1. The van der Waals surface area contributed by atoms with E-state index in [1.165, 1.54) is 17.1 Å². The second-order valence-electron chi connectivity index (χ2n) is 3.84. The van der Waals surface area contributed by atoms with Crippen LogP contribution in [0.4, 0.5) is 0 Å². The second kappa shape index (κ2) is 4.49. The molecular formula is C10H13N7O. The average Bonchev–Trinajstić information content (AvgIpc) is 2.72. The van der Waals surface area contributed by atoms with E-state index in [9.17, 15) is 4.79 Å². The van der Waals surface area contributed by atoms with Gasteiger partial charge in [0.1, 0.15) is 17.8 Å². The summed E-state index contributed by atoms with van der Waals surface area (Å²) in [7, 11) is 0. The average molecular weight is 247 g/mol. The number of nitrogens with two attached hydrogens (primary N) is 2. The Balaban J connectivity index is 2.54. The molecule has 4 N–H and O–H groups in total. The molecule has 0 radical (unpaired) electrons. The summed E-state index contributed by atoms with van der Waals surface area (Å²) in [6.45, 7) is 3.54. The van der Waals surface area contributed by atoms with Crippen LogP contribution in [-0.2, 0) is 0 Å². The summed E-state index contributed by atoms with van der Waals surface area (Å²) in [6.07, 6.45) is 1.25. The number of rotatable bonds is 3. The fraction of sp³-hybridized carbons (Fsp3) is 0.300. The van der Waals surface area contributed by atoms with Crippen molar-refractivity contribution in [2.45, 2.75) is 19.9 Å². The maximum Gasteiger partial charge on any atom is 0.267 e. The topological polar surface area (TPSA) is 126 Å². The van der Waals surface area contributed by atoms with Crippen LogP contribution in [0.1, 0.15) is 35.1 Å². The maximum absolute atomic E-state index is 11.1. The molecule has 0 aliphatic rings. The number of nitrogens with zero attached hydrogens (tertiary/aromatic N) is 5. The fourth-order valence-electron chi connectivity index (χ4n) is 1.49. The van der Waals surface area contributed by atoms with Crippen molar-refractivity contribution in [1.82, 2.24) is 24.7 Å². The van der Waals surface area contributed by atoms with Crippen molar-refractivity contribution >= 4 is 5.91 Å². The van der Waals surface area contributed by atoms with E-state index in [1.807, 2.05) is 0 Å². The molecule has 2 aromatic heterocycles. The normalized spacial score (nSPS) is 12.4. The lowest BCUT2D eigenvalue weighted by Crippen LogP contribution is -2.17. The van der Waals surface area contributed by atoms with Crippen molar-refractivity contribution in [3.8, 4) is 5.82 Å². The van der Waals surface area contributed by atoms with E-state index in [0.29, 0.717) is 17.5 Å². The zero-order valence-electron chi connectivity index (χ0n) is 10.0.